The Bertz CT molecular complexity index is 295. The van der Waals surface area contributed by atoms with E-state index in [2.05, 4.69) is 30.5 Å². The Hall–Kier alpha value is -0.540. The minimum Gasteiger partial charge on any atom is -0.371 e. The van der Waals surface area contributed by atoms with Crippen molar-refractivity contribution < 1.29 is 0 Å². The molecule has 1 aromatic carbocycles. The van der Waals surface area contributed by atoms with E-state index in [1.54, 1.807) is 11.8 Å². The summed E-state index contributed by atoms with van der Waals surface area (Å²) in [6.45, 7) is 0. The molecule has 0 aromatic heterocycles. The van der Waals surface area contributed by atoms with Crippen LogP contribution in [-0.4, -0.2) is 30.2 Å². The van der Waals surface area contributed by atoms with Gasteiger partial charge in [-0.3, -0.25) is 0 Å². The number of thiocarbonyl (C=S) groups is 1. The smallest absolute Gasteiger partial charge is 0.0951 e. The van der Waals surface area contributed by atoms with Crippen LogP contribution in [0.25, 0.3) is 0 Å². The van der Waals surface area contributed by atoms with Gasteiger partial charge in [0.15, 0.2) is 0 Å². The monoisotopic (exact) mass is 225 g/mol. The summed E-state index contributed by atoms with van der Waals surface area (Å²) in [5, 5.41) is 0.293. The van der Waals surface area contributed by atoms with Gasteiger partial charge in [0.25, 0.3) is 0 Å². The molecule has 3 heteroatoms. The third kappa shape index (κ3) is 2.72. The normalized spacial score (nSPS) is 12.2. The first-order valence-corrected chi connectivity index (χ1v) is 6.15. The van der Waals surface area contributed by atoms with Gasteiger partial charge in [-0.05, 0) is 11.8 Å². The molecule has 1 rings (SSSR count). The van der Waals surface area contributed by atoms with E-state index < -0.39 is 0 Å². The van der Waals surface area contributed by atoms with Crippen molar-refractivity contribution in [1.29, 1.82) is 0 Å². The van der Waals surface area contributed by atoms with Crippen LogP contribution >= 0.6 is 24.0 Å². The lowest BCUT2D eigenvalue weighted by Gasteiger charge is -2.22. The number of hydrogen-bond acceptors (Lipinski definition) is 2. The maximum absolute atomic E-state index is 5.39. The van der Waals surface area contributed by atoms with Crippen molar-refractivity contribution >= 4 is 29.0 Å². The summed E-state index contributed by atoms with van der Waals surface area (Å²) < 4.78 is 0. The van der Waals surface area contributed by atoms with Gasteiger partial charge in [-0.1, -0.05) is 42.5 Å². The fourth-order valence-corrected chi connectivity index (χ4v) is 2.51. The van der Waals surface area contributed by atoms with Gasteiger partial charge in [-0.25, -0.2) is 0 Å². The molecule has 76 valence electrons. The van der Waals surface area contributed by atoms with E-state index in [4.69, 9.17) is 12.2 Å². The summed E-state index contributed by atoms with van der Waals surface area (Å²) in [5.41, 5.74) is 1.28. The first-order chi connectivity index (χ1) is 6.66. The Morgan fingerprint density at radius 1 is 1.29 bits per heavy atom. The van der Waals surface area contributed by atoms with Crippen LogP contribution in [0, 0.1) is 0 Å². The summed E-state index contributed by atoms with van der Waals surface area (Å²) in [5.74, 6) is 0. The zero-order valence-electron chi connectivity index (χ0n) is 8.73. The summed E-state index contributed by atoms with van der Waals surface area (Å²) >= 11 is 7.16. The molecule has 0 bridgehead atoms. The van der Waals surface area contributed by atoms with Gasteiger partial charge in [-0.2, -0.15) is 0 Å². The highest BCUT2D eigenvalue weighted by molar-refractivity contribution is 8.00. The number of benzene rings is 1. The molecule has 1 atom stereocenters. The largest absolute Gasteiger partial charge is 0.371 e. The van der Waals surface area contributed by atoms with Crippen LogP contribution in [0.3, 0.4) is 0 Å². The van der Waals surface area contributed by atoms with Crippen LogP contribution in [0.5, 0.6) is 0 Å². The first-order valence-electron chi connectivity index (χ1n) is 4.45. The van der Waals surface area contributed by atoms with Gasteiger partial charge in [-0.15, -0.1) is 11.8 Å². The molecule has 0 amide bonds. The van der Waals surface area contributed by atoms with E-state index in [9.17, 15) is 0 Å². The Kier molecular flexibility index (Phi) is 4.42. The van der Waals surface area contributed by atoms with Crippen molar-refractivity contribution in [3.05, 3.63) is 35.9 Å². The fraction of sp³-hybridized carbons (Fsp3) is 0.364. The Morgan fingerprint density at radius 3 is 2.29 bits per heavy atom. The summed E-state index contributed by atoms with van der Waals surface area (Å²) in [4.78, 5) is 2.98. The molecular formula is C11H15NS2. The second kappa shape index (κ2) is 5.37. The van der Waals surface area contributed by atoms with E-state index in [-0.39, 0.29) is 0 Å². The topological polar surface area (TPSA) is 3.24 Å². The molecule has 0 saturated heterocycles. The molecular weight excluding hydrogens is 210 g/mol. The molecule has 1 aromatic rings. The van der Waals surface area contributed by atoms with Crippen LogP contribution < -0.4 is 0 Å². The van der Waals surface area contributed by atoms with Crippen LogP contribution in [-0.2, 0) is 0 Å². The number of hydrogen-bond donors (Lipinski definition) is 0. The minimum absolute atomic E-state index is 0.293. The van der Waals surface area contributed by atoms with Crippen molar-refractivity contribution in [2.24, 2.45) is 0 Å². The number of nitrogens with zero attached hydrogens (tertiary/aromatic N) is 1. The van der Waals surface area contributed by atoms with Crippen molar-refractivity contribution in [2.45, 2.75) is 5.25 Å². The lowest BCUT2D eigenvalue weighted by atomic mass is 10.1. The van der Waals surface area contributed by atoms with E-state index in [1.807, 2.05) is 25.1 Å². The van der Waals surface area contributed by atoms with Gasteiger partial charge in [0, 0.05) is 14.1 Å². The van der Waals surface area contributed by atoms with Gasteiger partial charge in [0.2, 0.25) is 0 Å². The third-order valence-electron chi connectivity index (χ3n) is 2.00. The maximum Gasteiger partial charge on any atom is 0.0951 e. The SMILES string of the molecule is CSC(C(=S)N(C)C)c1ccccc1. The standard InChI is InChI=1S/C11H15NS2/c1-12(2)11(13)10(14-3)9-7-5-4-6-8-9/h4-8,10H,1-3H3. The molecule has 0 radical (unpaired) electrons. The Labute approximate surface area is 95.5 Å². The number of thioether (sulfide) groups is 1. The predicted molar refractivity (Wildman–Crippen MR) is 69.0 cm³/mol. The summed E-state index contributed by atoms with van der Waals surface area (Å²) in [6.07, 6.45) is 2.09. The van der Waals surface area contributed by atoms with E-state index in [1.165, 1.54) is 5.56 Å². The van der Waals surface area contributed by atoms with Crippen LogP contribution in [0.15, 0.2) is 30.3 Å². The highest BCUT2D eigenvalue weighted by Crippen LogP contribution is 2.28. The fourth-order valence-electron chi connectivity index (χ4n) is 1.24. The molecule has 0 heterocycles. The number of rotatable bonds is 3. The van der Waals surface area contributed by atoms with Crippen LogP contribution in [0.2, 0.25) is 0 Å². The first kappa shape index (κ1) is 11.5. The zero-order chi connectivity index (χ0) is 10.6. The van der Waals surface area contributed by atoms with Crippen LogP contribution in [0.1, 0.15) is 10.8 Å². The van der Waals surface area contributed by atoms with Gasteiger partial charge in [0.1, 0.15) is 0 Å². The molecule has 1 nitrogen and oxygen atoms in total. The molecule has 0 saturated carbocycles. The van der Waals surface area contributed by atoms with E-state index >= 15 is 0 Å². The quantitative estimate of drug-likeness (QED) is 0.728. The average molecular weight is 225 g/mol. The summed E-state index contributed by atoms with van der Waals surface area (Å²) in [6, 6.07) is 10.4. The van der Waals surface area contributed by atoms with Crippen LogP contribution in [0.4, 0.5) is 0 Å². The molecule has 14 heavy (non-hydrogen) atoms. The van der Waals surface area contributed by atoms with Crippen molar-refractivity contribution in [3.63, 3.8) is 0 Å². The second-order valence-electron chi connectivity index (χ2n) is 3.26. The van der Waals surface area contributed by atoms with Crippen molar-refractivity contribution in [1.82, 2.24) is 4.90 Å². The average Bonchev–Trinajstić information content (AvgIpc) is 2.20. The zero-order valence-corrected chi connectivity index (χ0v) is 10.4. The highest BCUT2D eigenvalue weighted by atomic mass is 32.2. The third-order valence-corrected chi connectivity index (χ3v) is 3.72. The van der Waals surface area contributed by atoms with E-state index in [0.29, 0.717) is 5.25 Å². The number of likely N-dealkylation sites (N-methyl/N-ethyl adjacent to an activating group) is 1. The maximum atomic E-state index is 5.39. The lowest BCUT2D eigenvalue weighted by Crippen LogP contribution is -2.24. The molecule has 0 spiro atoms. The van der Waals surface area contributed by atoms with E-state index in [0.717, 1.165) is 4.99 Å². The van der Waals surface area contributed by atoms with Gasteiger partial charge in [0.05, 0.1) is 10.2 Å². The molecule has 1 unspecified atom stereocenters. The Balaban J connectivity index is 2.88. The second-order valence-corrected chi connectivity index (χ2v) is 4.62. The minimum atomic E-state index is 0.293. The molecule has 0 N–H and O–H groups in total. The molecule has 0 fully saturated rings. The predicted octanol–water partition coefficient (Wildman–Crippen LogP) is 2.98. The lowest BCUT2D eigenvalue weighted by molar-refractivity contribution is 0.623. The Morgan fingerprint density at radius 2 is 1.86 bits per heavy atom. The summed E-state index contributed by atoms with van der Waals surface area (Å²) in [7, 11) is 3.99. The highest BCUT2D eigenvalue weighted by Gasteiger charge is 2.16. The van der Waals surface area contributed by atoms with Gasteiger partial charge >= 0.3 is 0 Å². The van der Waals surface area contributed by atoms with Gasteiger partial charge < -0.3 is 4.90 Å². The van der Waals surface area contributed by atoms with Crippen molar-refractivity contribution in [3.8, 4) is 0 Å². The molecule has 0 aliphatic heterocycles. The molecule has 0 aliphatic carbocycles. The van der Waals surface area contributed by atoms with Crippen molar-refractivity contribution in [2.75, 3.05) is 20.4 Å². The molecule has 0 aliphatic rings.